The van der Waals surface area contributed by atoms with Crippen molar-refractivity contribution >= 4 is 5.91 Å². The third kappa shape index (κ3) is 4.14. The van der Waals surface area contributed by atoms with Crippen molar-refractivity contribution in [3.8, 4) is 5.75 Å². The van der Waals surface area contributed by atoms with Gasteiger partial charge in [0.05, 0.1) is 19.8 Å². The van der Waals surface area contributed by atoms with Gasteiger partial charge < -0.3 is 20.1 Å². The Kier molecular flexibility index (Phi) is 5.25. The third-order valence-corrected chi connectivity index (χ3v) is 2.80. The van der Waals surface area contributed by atoms with Crippen LogP contribution >= 0.6 is 0 Å². The number of benzene rings is 1. The topological polar surface area (TPSA) is 59.6 Å². The number of amides is 1. The van der Waals surface area contributed by atoms with Gasteiger partial charge in [0, 0.05) is 12.6 Å². The Labute approximate surface area is 115 Å². The van der Waals surface area contributed by atoms with E-state index in [0.29, 0.717) is 19.8 Å². The Morgan fingerprint density at radius 3 is 3.00 bits per heavy atom. The maximum atomic E-state index is 12.9. The molecule has 1 aliphatic heterocycles. The lowest BCUT2D eigenvalue weighted by molar-refractivity contribution is -0.126. The van der Waals surface area contributed by atoms with Crippen LogP contribution in [0.25, 0.3) is 0 Å². The van der Waals surface area contributed by atoms with E-state index in [1.54, 1.807) is 0 Å². The van der Waals surface area contributed by atoms with Crippen LogP contribution in [0.15, 0.2) is 18.2 Å². The van der Waals surface area contributed by atoms with E-state index in [2.05, 4.69) is 10.6 Å². The summed E-state index contributed by atoms with van der Waals surface area (Å²) < 4.78 is 36.0. The van der Waals surface area contributed by atoms with Gasteiger partial charge in [0.15, 0.2) is 11.6 Å². The van der Waals surface area contributed by atoms with Crippen molar-refractivity contribution in [3.05, 3.63) is 29.8 Å². The summed E-state index contributed by atoms with van der Waals surface area (Å²) >= 11 is 0. The molecule has 0 radical (unpaired) electrons. The summed E-state index contributed by atoms with van der Waals surface area (Å²) in [5, 5.41) is 5.70. The van der Waals surface area contributed by atoms with Crippen LogP contribution < -0.4 is 15.4 Å². The van der Waals surface area contributed by atoms with Crippen LogP contribution in [0.3, 0.4) is 0 Å². The second-order valence-corrected chi connectivity index (χ2v) is 4.30. The number of halogens is 2. The molecule has 0 aliphatic carbocycles. The molecule has 1 fully saturated rings. The molecule has 20 heavy (non-hydrogen) atoms. The number of hydrogen-bond donors (Lipinski definition) is 2. The van der Waals surface area contributed by atoms with Crippen LogP contribution in [-0.2, 0) is 9.53 Å². The monoisotopic (exact) mass is 286 g/mol. The van der Waals surface area contributed by atoms with Gasteiger partial charge in [-0.1, -0.05) is 0 Å². The van der Waals surface area contributed by atoms with Gasteiger partial charge in [-0.05, 0) is 12.1 Å². The highest BCUT2D eigenvalue weighted by Gasteiger charge is 2.20. The van der Waals surface area contributed by atoms with Crippen molar-refractivity contribution < 1.29 is 23.0 Å². The Morgan fingerprint density at radius 1 is 1.45 bits per heavy atom. The Hall–Kier alpha value is -1.73. The first-order valence-corrected chi connectivity index (χ1v) is 6.33. The molecule has 1 amide bonds. The van der Waals surface area contributed by atoms with E-state index in [4.69, 9.17) is 9.47 Å². The Balaban J connectivity index is 1.68. The van der Waals surface area contributed by atoms with Crippen LogP contribution in [0.2, 0.25) is 0 Å². The van der Waals surface area contributed by atoms with Crippen molar-refractivity contribution in [1.82, 2.24) is 10.6 Å². The Bertz CT molecular complexity index is 465. The first-order valence-electron chi connectivity index (χ1n) is 6.33. The highest BCUT2D eigenvalue weighted by atomic mass is 19.2. The van der Waals surface area contributed by atoms with Crippen LogP contribution in [0.4, 0.5) is 8.78 Å². The predicted octanol–water partition coefficient (Wildman–Crippen LogP) is 0.448. The minimum absolute atomic E-state index is 0.168. The maximum Gasteiger partial charge on any atom is 0.239 e. The molecule has 1 aliphatic rings. The highest BCUT2D eigenvalue weighted by molar-refractivity contribution is 5.81. The average molecular weight is 286 g/mol. The summed E-state index contributed by atoms with van der Waals surface area (Å²) in [5.41, 5.74) is 0. The first kappa shape index (κ1) is 14.7. The smallest absolute Gasteiger partial charge is 0.239 e. The summed E-state index contributed by atoms with van der Waals surface area (Å²) in [6, 6.07) is 2.93. The van der Waals surface area contributed by atoms with E-state index in [1.807, 2.05) is 0 Å². The number of carbonyl (C=O) groups excluding carboxylic acids is 1. The normalized spacial score (nSPS) is 18.6. The summed E-state index contributed by atoms with van der Waals surface area (Å²) in [6.07, 6.45) is 0. The zero-order chi connectivity index (χ0) is 14.4. The second-order valence-electron chi connectivity index (χ2n) is 4.30. The molecule has 1 atom stereocenters. The molecule has 0 bridgehead atoms. The number of nitrogens with one attached hydrogen (secondary N) is 2. The van der Waals surface area contributed by atoms with Gasteiger partial charge in [-0.3, -0.25) is 4.79 Å². The minimum atomic E-state index is -0.963. The van der Waals surface area contributed by atoms with Crippen molar-refractivity contribution in [2.24, 2.45) is 0 Å². The molecule has 2 rings (SSSR count). The van der Waals surface area contributed by atoms with E-state index in [9.17, 15) is 13.6 Å². The zero-order valence-electron chi connectivity index (χ0n) is 10.8. The highest BCUT2D eigenvalue weighted by Crippen LogP contribution is 2.14. The molecule has 1 aromatic rings. The second kappa shape index (κ2) is 7.16. The van der Waals surface area contributed by atoms with E-state index in [-0.39, 0.29) is 30.9 Å². The van der Waals surface area contributed by atoms with Crippen molar-refractivity contribution in [2.75, 3.05) is 32.9 Å². The van der Waals surface area contributed by atoms with Crippen LogP contribution in [-0.4, -0.2) is 44.9 Å². The lowest BCUT2D eigenvalue weighted by Crippen LogP contribution is -2.51. The fourth-order valence-electron chi connectivity index (χ4n) is 1.77. The average Bonchev–Trinajstić information content (AvgIpc) is 2.48. The number of rotatable bonds is 5. The van der Waals surface area contributed by atoms with Crippen LogP contribution in [0, 0.1) is 11.6 Å². The van der Waals surface area contributed by atoms with Gasteiger partial charge in [0.2, 0.25) is 5.91 Å². The quantitative estimate of drug-likeness (QED) is 0.772. The molecule has 7 heteroatoms. The summed E-state index contributed by atoms with van der Waals surface area (Å²) in [6.45, 7) is 2.03. The third-order valence-electron chi connectivity index (χ3n) is 2.80. The van der Waals surface area contributed by atoms with Crippen molar-refractivity contribution in [3.63, 3.8) is 0 Å². The van der Waals surface area contributed by atoms with Gasteiger partial charge in [-0.2, -0.15) is 0 Å². The van der Waals surface area contributed by atoms with E-state index in [1.165, 1.54) is 6.07 Å². The van der Waals surface area contributed by atoms with E-state index >= 15 is 0 Å². The molecule has 1 heterocycles. The predicted molar refractivity (Wildman–Crippen MR) is 67.5 cm³/mol. The molecular weight excluding hydrogens is 270 g/mol. The molecular formula is C13H16F2N2O3. The van der Waals surface area contributed by atoms with Gasteiger partial charge in [0.1, 0.15) is 18.4 Å². The first-order chi connectivity index (χ1) is 9.66. The molecule has 5 nitrogen and oxygen atoms in total. The number of carbonyl (C=O) groups is 1. The fraction of sp³-hybridized carbons (Fsp3) is 0.462. The van der Waals surface area contributed by atoms with Gasteiger partial charge in [-0.15, -0.1) is 0 Å². The largest absolute Gasteiger partial charge is 0.492 e. The fourth-order valence-corrected chi connectivity index (χ4v) is 1.77. The molecule has 1 saturated heterocycles. The molecule has 0 aromatic heterocycles. The summed E-state index contributed by atoms with van der Waals surface area (Å²) in [7, 11) is 0. The van der Waals surface area contributed by atoms with Gasteiger partial charge in [-0.25, -0.2) is 8.78 Å². The van der Waals surface area contributed by atoms with Crippen LogP contribution in [0.1, 0.15) is 0 Å². The SMILES string of the molecule is O=C(NCCOc1ccc(F)c(F)c1)C1COCCN1. The Morgan fingerprint density at radius 2 is 2.30 bits per heavy atom. The lowest BCUT2D eigenvalue weighted by atomic mass is 10.2. The molecule has 110 valence electrons. The van der Waals surface area contributed by atoms with Gasteiger partial charge >= 0.3 is 0 Å². The lowest BCUT2D eigenvalue weighted by Gasteiger charge is -2.22. The standard InChI is InChI=1S/C13H16F2N2O3/c14-10-2-1-9(7-11(10)15)20-6-4-17-13(18)12-8-19-5-3-16-12/h1-2,7,12,16H,3-6,8H2,(H,17,18). The minimum Gasteiger partial charge on any atom is -0.492 e. The number of ether oxygens (including phenoxy) is 2. The maximum absolute atomic E-state index is 12.9. The van der Waals surface area contributed by atoms with Crippen molar-refractivity contribution in [2.45, 2.75) is 6.04 Å². The number of hydrogen-bond acceptors (Lipinski definition) is 4. The molecule has 0 saturated carbocycles. The summed E-state index contributed by atoms with van der Waals surface area (Å²) in [4.78, 5) is 11.7. The molecule has 1 unspecified atom stereocenters. The zero-order valence-corrected chi connectivity index (χ0v) is 10.8. The van der Waals surface area contributed by atoms with E-state index < -0.39 is 11.6 Å². The molecule has 0 spiro atoms. The number of morpholine rings is 1. The molecule has 2 N–H and O–H groups in total. The van der Waals surface area contributed by atoms with Crippen LogP contribution in [0.5, 0.6) is 5.75 Å². The van der Waals surface area contributed by atoms with Gasteiger partial charge in [0.25, 0.3) is 0 Å². The molecule has 1 aromatic carbocycles. The van der Waals surface area contributed by atoms with E-state index in [0.717, 1.165) is 12.1 Å². The summed E-state index contributed by atoms with van der Waals surface area (Å²) in [5.74, 6) is -1.83. The van der Waals surface area contributed by atoms with Crippen molar-refractivity contribution in [1.29, 1.82) is 0 Å².